The Morgan fingerprint density at radius 3 is 3.00 bits per heavy atom. The molecule has 0 fully saturated rings. The topological polar surface area (TPSA) is 43.6 Å². The molecule has 0 atom stereocenters. The number of carbonyl (C=O) groups excluding carboxylic acids is 1. The number of hydrogen-bond donors (Lipinski definition) is 0. The lowest BCUT2D eigenvalue weighted by Gasteiger charge is -2.04. The third-order valence-corrected chi connectivity index (χ3v) is 5.21. The van der Waals surface area contributed by atoms with Crippen molar-refractivity contribution in [3.05, 3.63) is 51.2 Å². The summed E-state index contributed by atoms with van der Waals surface area (Å²) < 4.78 is 21.2. The number of thiazole rings is 1. The van der Waals surface area contributed by atoms with Gasteiger partial charge in [-0.3, -0.25) is 4.79 Å². The molecule has 0 saturated heterocycles. The predicted octanol–water partition coefficient (Wildman–Crippen LogP) is 3.22. The lowest BCUT2D eigenvalue weighted by Crippen LogP contribution is -2.19. The number of nitrogens with zero attached hydrogens (tertiary/aromatic N) is 2. The lowest BCUT2D eigenvalue weighted by atomic mass is 10.3. The zero-order valence-corrected chi connectivity index (χ0v) is 14.1. The minimum atomic E-state index is -0.297. The van der Waals surface area contributed by atoms with E-state index in [1.54, 1.807) is 13.2 Å². The molecule has 0 unspecified atom stereocenters. The number of amides is 1. The predicted molar refractivity (Wildman–Crippen MR) is 90.2 cm³/mol. The van der Waals surface area contributed by atoms with Crippen molar-refractivity contribution in [1.82, 2.24) is 4.57 Å². The van der Waals surface area contributed by atoms with E-state index in [9.17, 15) is 9.18 Å². The van der Waals surface area contributed by atoms with Crippen LogP contribution in [0.3, 0.4) is 0 Å². The van der Waals surface area contributed by atoms with E-state index in [1.165, 1.54) is 34.8 Å². The van der Waals surface area contributed by atoms with Gasteiger partial charge in [0.15, 0.2) is 4.80 Å². The normalized spacial score (nSPS) is 12.2. The van der Waals surface area contributed by atoms with Crippen LogP contribution in [0.1, 0.15) is 4.88 Å². The third kappa shape index (κ3) is 3.74. The smallest absolute Gasteiger partial charge is 0.253 e. The van der Waals surface area contributed by atoms with Gasteiger partial charge in [0.05, 0.1) is 23.2 Å². The molecule has 0 aliphatic heterocycles. The van der Waals surface area contributed by atoms with Gasteiger partial charge in [-0.2, -0.15) is 4.99 Å². The zero-order valence-electron chi connectivity index (χ0n) is 12.5. The van der Waals surface area contributed by atoms with E-state index >= 15 is 0 Å². The lowest BCUT2D eigenvalue weighted by molar-refractivity contribution is -0.117. The molecule has 0 aliphatic carbocycles. The summed E-state index contributed by atoms with van der Waals surface area (Å²) >= 11 is 2.85. The summed E-state index contributed by atoms with van der Waals surface area (Å²) in [5.41, 5.74) is 0.858. The molecule has 0 radical (unpaired) electrons. The molecule has 7 heteroatoms. The average molecular weight is 350 g/mol. The number of ether oxygens (including phenoxy) is 1. The Morgan fingerprint density at radius 2 is 2.26 bits per heavy atom. The Hall–Kier alpha value is -1.83. The van der Waals surface area contributed by atoms with Gasteiger partial charge in [-0.05, 0) is 29.6 Å². The van der Waals surface area contributed by atoms with E-state index in [0.29, 0.717) is 18.0 Å². The Balaban J connectivity index is 2.00. The molecule has 3 aromatic rings. The van der Waals surface area contributed by atoms with E-state index in [2.05, 4.69) is 4.99 Å². The molecule has 0 bridgehead atoms. The SMILES string of the molecule is COCCn1c(=NC(=O)Cc2cccs2)sc2cc(F)ccc21. The van der Waals surface area contributed by atoms with Crippen molar-refractivity contribution < 1.29 is 13.9 Å². The van der Waals surface area contributed by atoms with E-state index in [1.807, 2.05) is 22.1 Å². The molecule has 120 valence electrons. The molecule has 0 aliphatic rings. The van der Waals surface area contributed by atoms with Crippen LogP contribution in [0.5, 0.6) is 0 Å². The van der Waals surface area contributed by atoms with Crippen molar-refractivity contribution in [3.8, 4) is 0 Å². The van der Waals surface area contributed by atoms with Crippen LogP contribution < -0.4 is 4.80 Å². The van der Waals surface area contributed by atoms with E-state index < -0.39 is 0 Å². The van der Waals surface area contributed by atoms with Gasteiger partial charge in [0.1, 0.15) is 5.82 Å². The van der Waals surface area contributed by atoms with Gasteiger partial charge in [-0.1, -0.05) is 17.4 Å². The van der Waals surface area contributed by atoms with Crippen LogP contribution in [0.4, 0.5) is 4.39 Å². The fourth-order valence-electron chi connectivity index (χ4n) is 2.24. The highest BCUT2D eigenvalue weighted by Crippen LogP contribution is 2.19. The number of methoxy groups -OCH3 is 1. The summed E-state index contributed by atoms with van der Waals surface area (Å²) in [5.74, 6) is -0.500. The van der Waals surface area contributed by atoms with E-state index in [0.717, 1.165) is 15.1 Å². The molecule has 0 N–H and O–H groups in total. The summed E-state index contributed by atoms with van der Waals surface area (Å²) in [4.78, 5) is 18.0. The minimum absolute atomic E-state index is 0.203. The number of hydrogen-bond acceptors (Lipinski definition) is 4. The molecule has 1 amide bonds. The van der Waals surface area contributed by atoms with Gasteiger partial charge < -0.3 is 9.30 Å². The van der Waals surface area contributed by atoms with Gasteiger partial charge in [-0.15, -0.1) is 11.3 Å². The number of fused-ring (bicyclic) bond motifs is 1. The van der Waals surface area contributed by atoms with Gasteiger partial charge >= 0.3 is 0 Å². The Bertz CT molecular complexity index is 881. The van der Waals surface area contributed by atoms with Crippen LogP contribution in [0, 0.1) is 5.82 Å². The highest BCUT2D eigenvalue weighted by molar-refractivity contribution is 7.16. The molecule has 0 spiro atoms. The van der Waals surface area contributed by atoms with Crippen molar-refractivity contribution in [2.45, 2.75) is 13.0 Å². The third-order valence-electron chi connectivity index (χ3n) is 3.29. The van der Waals surface area contributed by atoms with Crippen molar-refractivity contribution >= 4 is 38.8 Å². The first-order chi connectivity index (χ1) is 11.2. The Kier molecular flexibility index (Phi) is 5.00. The maximum absolute atomic E-state index is 13.4. The number of aromatic nitrogens is 1. The van der Waals surface area contributed by atoms with Crippen LogP contribution >= 0.6 is 22.7 Å². The average Bonchev–Trinajstić information content (AvgIpc) is 3.12. The molecule has 23 heavy (non-hydrogen) atoms. The minimum Gasteiger partial charge on any atom is -0.383 e. The summed E-state index contributed by atoms with van der Waals surface area (Å²) in [6, 6.07) is 8.41. The molecule has 1 aromatic carbocycles. The number of rotatable bonds is 5. The maximum Gasteiger partial charge on any atom is 0.253 e. The van der Waals surface area contributed by atoms with Gasteiger partial charge in [0.25, 0.3) is 5.91 Å². The molecule has 2 aromatic heterocycles. The zero-order chi connectivity index (χ0) is 16.2. The first kappa shape index (κ1) is 16.0. The fraction of sp³-hybridized carbons (Fsp3) is 0.250. The fourth-order valence-corrected chi connectivity index (χ4v) is 4.03. The van der Waals surface area contributed by atoms with Crippen molar-refractivity contribution in [3.63, 3.8) is 0 Å². The van der Waals surface area contributed by atoms with Crippen LogP contribution in [0.15, 0.2) is 40.7 Å². The summed E-state index contributed by atoms with van der Waals surface area (Å²) in [5, 5.41) is 1.93. The maximum atomic E-state index is 13.4. The standard InChI is InChI=1S/C16H15FN2O2S2/c1-21-7-6-19-13-5-4-11(17)9-14(13)23-16(19)18-15(20)10-12-3-2-8-22-12/h2-5,8-9H,6-7,10H2,1H3. The summed E-state index contributed by atoms with van der Waals surface area (Å²) in [7, 11) is 1.62. The van der Waals surface area contributed by atoms with E-state index in [4.69, 9.17) is 4.74 Å². The first-order valence-corrected chi connectivity index (χ1v) is 8.75. The van der Waals surface area contributed by atoms with Crippen LogP contribution in [-0.4, -0.2) is 24.2 Å². The second-order valence-electron chi connectivity index (χ2n) is 4.90. The molecular weight excluding hydrogens is 335 g/mol. The number of halogens is 1. The summed E-state index contributed by atoms with van der Waals surface area (Å²) in [6.07, 6.45) is 0.282. The van der Waals surface area contributed by atoms with Crippen molar-refractivity contribution in [2.75, 3.05) is 13.7 Å². The van der Waals surface area contributed by atoms with Crippen molar-refractivity contribution in [2.24, 2.45) is 4.99 Å². The Labute approximate surface area is 140 Å². The Morgan fingerprint density at radius 1 is 1.39 bits per heavy atom. The van der Waals surface area contributed by atoms with Gasteiger partial charge in [0, 0.05) is 18.5 Å². The monoisotopic (exact) mass is 350 g/mol. The van der Waals surface area contributed by atoms with Crippen LogP contribution in [0.2, 0.25) is 0 Å². The molecule has 4 nitrogen and oxygen atoms in total. The molecule has 2 heterocycles. The van der Waals surface area contributed by atoms with E-state index in [-0.39, 0.29) is 18.1 Å². The second-order valence-corrected chi connectivity index (χ2v) is 6.94. The van der Waals surface area contributed by atoms with Gasteiger partial charge in [-0.25, -0.2) is 4.39 Å². The number of thiophene rings is 1. The van der Waals surface area contributed by atoms with Crippen molar-refractivity contribution in [1.29, 1.82) is 0 Å². The second kappa shape index (κ2) is 7.16. The van der Waals surface area contributed by atoms with Crippen LogP contribution in [0.25, 0.3) is 10.2 Å². The summed E-state index contributed by atoms with van der Waals surface area (Å²) in [6.45, 7) is 1.06. The van der Waals surface area contributed by atoms with Gasteiger partial charge in [0.2, 0.25) is 0 Å². The number of benzene rings is 1. The highest BCUT2D eigenvalue weighted by atomic mass is 32.1. The quantitative estimate of drug-likeness (QED) is 0.709. The number of carbonyl (C=O) groups is 1. The molecule has 0 saturated carbocycles. The molecule has 3 rings (SSSR count). The largest absolute Gasteiger partial charge is 0.383 e. The molecular formula is C16H15FN2O2S2. The first-order valence-electron chi connectivity index (χ1n) is 7.05. The van der Waals surface area contributed by atoms with Crippen LogP contribution in [-0.2, 0) is 22.5 Å². The highest BCUT2D eigenvalue weighted by Gasteiger charge is 2.09.